The number of nitrogens with zero attached hydrogens (tertiary/aromatic N) is 2. The lowest BCUT2D eigenvalue weighted by molar-refractivity contribution is -0.128. The number of thioether (sulfide) groups is 1. The van der Waals surface area contributed by atoms with Crippen molar-refractivity contribution in [2.24, 2.45) is 0 Å². The Bertz CT molecular complexity index is 678. The number of imidazole rings is 1. The van der Waals surface area contributed by atoms with Crippen molar-refractivity contribution in [3.05, 3.63) is 18.2 Å². The van der Waals surface area contributed by atoms with Gasteiger partial charge in [-0.25, -0.2) is 4.98 Å². The van der Waals surface area contributed by atoms with Gasteiger partial charge in [-0.3, -0.25) is 4.79 Å². The summed E-state index contributed by atoms with van der Waals surface area (Å²) < 4.78 is 5.51. The minimum Gasteiger partial charge on any atom is -0.494 e. The predicted octanol–water partition coefficient (Wildman–Crippen LogP) is 3.85. The molecule has 3 rings (SSSR count). The van der Waals surface area contributed by atoms with Gasteiger partial charge in [-0.2, -0.15) is 0 Å². The number of H-pyrrole nitrogens is 1. The zero-order chi connectivity index (χ0) is 16.8. The number of ether oxygens (including phenoxy) is 1. The first-order chi connectivity index (χ1) is 11.8. The van der Waals surface area contributed by atoms with E-state index in [0.29, 0.717) is 12.4 Å². The number of fused-ring (bicyclic) bond motifs is 1. The topological polar surface area (TPSA) is 58.2 Å². The second-order valence-corrected chi connectivity index (χ2v) is 7.06. The molecular formula is C18H25N3O2S. The Hall–Kier alpha value is -1.69. The molecule has 6 heteroatoms. The zero-order valence-electron chi connectivity index (χ0n) is 14.2. The van der Waals surface area contributed by atoms with Crippen LogP contribution in [0.4, 0.5) is 0 Å². The molecule has 0 aliphatic carbocycles. The van der Waals surface area contributed by atoms with Crippen molar-refractivity contribution in [1.29, 1.82) is 0 Å². The van der Waals surface area contributed by atoms with E-state index in [-0.39, 0.29) is 5.91 Å². The molecule has 1 N–H and O–H groups in total. The standard InChI is InChI=1S/C18H25N3O2S/c1-2-23-14-8-9-15-16(12-14)20-18(19-15)24-13-17(22)21-10-6-4-3-5-7-11-21/h8-9,12H,2-7,10-11,13H2,1H3,(H,19,20). The van der Waals surface area contributed by atoms with Gasteiger partial charge in [0.05, 0.1) is 23.4 Å². The molecule has 0 saturated carbocycles. The second kappa shape index (κ2) is 8.42. The zero-order valence-corrected chi connectivity index (χ0v) is 15.0. The Morgan fingerprint density at radius 2 is 2.00 bits per heavy atom. The highest BCUT2D eigenvalue weighted by atomic mass is 32.2. The molecule has 0 bridgehead atoms. The van der Waals surface area contributed by atoms with Crippen LogP contribution in [-0.2, 0) is 4.79 Å². The van der Waals surface area contributed by atoms with Gasteiger partial charge in [0, 0.05) is 19.2 Å². The molecule has 0 radical (unpaired) electrons. The van der Waals surface area contributed by atoms with Crippen molar-refractivity contribution in [3.8, 4) is 5.75 Å². The fraction of sp³-hybridized carbons (Fsp3) is 0.556. The number of hydrogen-bond donors (Lipinski definition) is 1. The number of rotatable bonds is 5. The normalized spacial score (nSPS) is 16.0. The highest BCUT2D eigenvalue weighted by molar-refractivity contribution is 7.99. The van der Waals surface area contributed by atoms with Crippen LogP contribution in [0.2, 0.25) is 0 Å². The van der Waals surface area contributed by atoms with Crippen molar-refractivity contribution in [2.45, 2.75) is 44.2 Å². The minimum atomic E-state index is 0.220. The number of benzene rings is 1. The Labute approximate surface area is 147 Å². The van der Waals surface area contributed by atoms with Crippen LogP contribution in [0.1, 0.15) is 39.0 Å². The number of nitrogens with one attached hydrogen (secondary N) is 1. The molecule has 2 heterocycles. The Morgan fingerprint density at radius 1 is 1.25 bits per heavy atom. The van der Waals surface area contributed by atoms with E-state index < -0.39 is 0 Å². The third-order valence-corrected chi connectivity index (χ3v) is 5.14. The van der Waals surface area contributed by atoms with Gasteiger partial charge in [0.15, 0.2) is 5.16 Å². The number of carbonyl (C=O) groups excluding carboxylic acids is 1. The number of aromatic nitrogens is 2. The maximum atomic E-state index is 12.4. The van der Waals surface area contributed by atoms with Crippen LogP contribution in [-0.4, -0.2) is 46.2 Å². The van der Waals surface area contributed by atoms with E-state index in [1.807, 2.05) is 30.0 Å². The lowest BCUT2D eigenvalue weighted by atomic mass is 10.1. The van der Waals surface area contributed by atoms with Gasteiger partial charge in [0.2, 0.25) is 5.91 Å². The molecule has 1 aliphatic rings. The van der Waals surface area contributed by atoms with E-state index in [9.17, 15) is 4.79 Å². The van der Waals surface area contributed by atoms with Gasteiger partial charge in [-0.15, -0.1) is 0 Å². The fourth-order valence-electron chi connectivity index (χ4n) is 3.01. The summed E-state index contributed by atoms with van der Waals surface area (Å²) in [5.41, 5.74) is 1.85. The summed E-state index contributed by atoms with van der Waals surface area (Å²) in [5.74, 6) is 1.50. The smallest absolute Gasteiger partial charge is 0.233 e. The summed E-state index contributed by atoms with van der Waals surface area (Å²) in [6.07, 6.45) is 6.04. The van der Waals surface area contributed by atoms with Gasteiger partial charge in [-0.05, 0) is 31.9 Å². The van der Waals surface area contributed by atoms with E-state index >= 15 is 0 Å². The van der Waals surface area contributed by atoms with E-state index in [0.717, 1.165) is 47.9 Å². The molecule has 5 nitrogen and oxygen atoms in total. The van der Waals surface area contributed by atoms with Gasteiger partial charge in [0.1, 0.15) is 5.75 Å². The van der Waals surface area contributed by atoms with Gasteiger partial charge >= 0.3 is 0 Å². The average molecular weight is 347 g/mol. The SMILES string of the molecule is CCOc1ccc2nc(SCC(=O)N3CCCCCCC3)[nH]c2c1. The van der Waals surface area contributed by atoms with Crippen LogP contribution < -0.4 is 4.74 Å². The number of carbonyl (C=O) groups is 1. The second-order valence-electron chi connectivity index (χ2n) is 6.09. The molecule has 1 aliphatic heterocycles. The maximum absolute atomic E-state index is 12.4. The number of aromatic amines is 1. The van der Waals surface area contributed by atoms with Crippen molar-refractivity contribution in [1.82, 2.24) is 14.9 Å². The van der Waals surface area contributed by atoms with E-state index in [2.05, 4.69) is 9.97 Å². The maximum Gasteiger partial charge on any atom is 0.233 e. The van der Waals surface area contributed by atoms with Crippen LogP contribution in [0.25, 0.3) is 11.0 Å². The lowest BCUT2D eigenvalue weighted by Crippen LogP contribution is -2.35. The minimum absolute atomic E-state index is 0.220. The fourth-order valence-corrected chi connectivity index (χ4v) is 3.80. The molecule has 0 spiro atoms. The molecule has 24 heavy (non-hydrogen) atoms. The van der Waals surface area contributed by atoms with E-state index in [4.69, 9.17) is 4.74 Å². The summed E-state index contributed by atoms with van der Waals surface area (Å²) in [6.45, 7) is 4.41. The first-order valence-corrected chi connectivity index (χ1v) is 9.78. The van der Waals surface area contributed by atoms with Crippen LogP contribution >= 0.6 is 11.8 Å². The summed E-state index contributed by atoms with van der Waals surface area (Å²) in [4.78, 5) is 22.3. The van der Waals surface area contributed by atoms with Crippen molar-refractivity contribution in [3.63, 3.8) is 0 Å². The first-order valence-electron chi connectivity index (χ1n) is 8.79. The molecule has 1 aromatic heterocycles. The molecule has 1 fully saturated rings. The molecular weight excluding hydrogens is 322 g/mol. The largest absolute Gasteiger partial charge is 0.494 e. The highest BCUT2D eigenvalue weighted by Gasteiger charge is 2.16. The summed E-state index contributed by atoms with van der Waals surface area (Å²) in [5, 5.41) is 0.791. The van der Waals surface area contributed by atoms with Gasteiger partial charge in [-0.1, -0.05) is 31.0 Å². The Morgan fingerprint density at radius 3 is 2.75 bits per heavy atom. The molecule has 2 aromatic rings. The Kier molecular flexibility index (Phi) is 6.01. The molecule has 0 unspecified atom stereocenters. The van der Waals surface area contributed by atoms with Gasteiger partial charge in [0.25, 0.3) is 0 Å². The monoisotopic (exact) mass is 347 g/mol. The molecule has 0 atom stereocenters. The lowest BCUT2D eigenvalue weighted by Gasteiger charge is -2.24. The number of hydrogen-bond acceptors (Lipinski definition) is 4. The average Bonchev–Trinajstić information content (AvgIpc) is 2.95. The van der Waals surface area contributed by atoms with Crippen molar-refractivity contribution < 1.29 is 9.53 Å². The highest BCUT2D eigenvalue weighted by Crippen LogP contribution is 2.23. The summed E-state index contributed by atoms with van der Waals surface area (Å²) >= 11 is 1.48. The molecule has 1 amide bonds. The Balaban J connectivity index is 1.59. The van der Waals surface area contributed by atoms with E-state index in [1.165, 1.54) is 31.0 Å². The van der Waals surface area contributed by atoms with Gasteiger partial charge < -0.3 is 14.6 Å². The summed E-state index contributed by atoms with van der Waals surface area (Å²) in [7, 11) is 0. The molecule has 130 valence electrons. The van der Waals surface area contributed by atoms with Crippen molar-refractivity contribution in [2.75, 3.05) is 25.4 Å². The quantitative estimate of drug-likeness (QED) is 0.835. The summed E-state index contributed by atoms with van der Waals surface area (Å²) in [6, 6.07) is 5.82. The van der Waals surface area contributed by atoms with E-state index in [1.54, 1.807) is 0 Å². The first kappa shape index (κ1) is 17.1. The third kappa shape index (κ3) is 4.44. The predicted molar refractivity (Wildman–Crippen MR) is 97.7 cm³/mol. The van der Waals surface area contributed by atoms with Crippen molar-refractivity contribution >= 4 is 28.7 Å². The molecule has 1 saturated heterocycles. The van der Waals surface area contributed by atoms with Crippen LogP contribution in [0, 0.1) is 0 Å². The van der Waals surface area contributed by atoms with Crippen LogP contribution in [0.5, 0.6) is 5.75 Å². The van der Waals surface area contributed by atoms with Crippen LogP contribution in [0.15, 0.2) is 23.4 Å². The number of amides is 1. The molecule has 1 aromatic carbocycles. The third-order valence-electron chi connectivity index (χ3n) is 4.28. The van der Waals surface area contributed by atoms with Crippen LogP contribution in [0.3, 0.4) is 0 Å². The number of likely N-dealkylation sites (tertiary alicyclic amines) is 1.